The number of non-ortho nitro benzene ring substituents is 1. The predicted molar refractivity (Wildman–Crippen MR) is 116 cm³/mol. The first-order valence-electron chi connectivity index (χ1n) is 10.0. The standard InChI is InChI=1S/C24H20N2O6/c27-23(28)22(13-15-6-5-7-16(12-15)26(30)31)25-24(29)32-14-21-19-10-3-1-8-17(19)18-9-2-4-11-20(18)21/h1-12,21-22H,13-14H2,(H,25,29)(H,27,28)/t22-/m0/s1. The van der Waals surface area contributed by atoms with E-state index in [1.807, 2.05) is 48.5 Å². The molecule has 32 heavy (non-hydrogen) atoms. The van der Waals surface area contributed by atoms with E-state index in [9.17, 15) is 24.8 Å². The highest BCUT2D eigenvalue weighted by Crippen LogP contribution is 2.44. The Balaban J connectivity index is 1.43. The van der Waals surface area contributed by atoms with Gasteiger partial charge in [-0.25, -0.2) is 9.59 Å². The molecule has 3 aromatic rings. The molecule has 0 radical (unpaired) electrons. The monoisotopic (exact) mass is 432 g/mol. The molecule has 4 rings (SSSR count). The minimum absolute atomic E-state index is 0.0585. The molecule has 1 amide bonds. The SMILES string of the molecule is O=C(N[C@@H](Cc1cccc([N+](=O)[O-])c1)C(=O)O)OCC1c2ccccc2-c2ccccc21. The van der Waals surface area contributed by atoms with Crippen LogP contribution in [-0.4, -0.2) is 34.7 Å². The van der Waals surface area contributed by atoms with E-state index < -0.39 is 23.0 Å². The highest BCUT2D eigenvalue weighted by Gasteiger charge is 2.29. The second kappa shape index (κ2) is 8.89. The zero-order valence-corrected chi connectivity index (χ0v) is 16.9. The van der Waals surface area contributed by atoms with Crippen molar-refractivity contribution in [2.75, 3.05) is 6.61 Å². The van der Waals surface area contributed by atoms with Crippen LogP contribution in [0.5, 0.6) is 0 Å². The number of ether oxygens (including phenoxy) is 1. The van der Waals surface area contributed by atoms with E-state index in [0.717, 1.165) is 22.3 Å². The molecule has 3 aromatic carbocycles. The summed E-state index contributed by atoms with van der Waals surface area (Å²) >= 11 is 0. The van der Waals surface area contributed by atoms with Gasteiger partial charge in [-0.2, -0.15) is 0 Å². The first-order valence-corrected chi connectivity index (χ1v) is 10.0. The first-order chi connectivity index (χ1) is 15.4. The summed E-state index contributed by atoms with van der Waals surface area (Å²) in [5, 5.41) is 22.8. The van der Waals surface area contributed by atoms with Gasteiger partial charge in [0.2, 0.25) is 0 Å². The number of carbonyl (C=O) groups excluding carboxylic acids is 1. The normalized spacial score (nSPS) is 13.0. The number of hydrogen-bond donors (Lipinski definition) is 2. The van der Waals surface area contributed by atoms with Crippen molar-refractivity contribution in [2.24, 2.45) is 0 Å². The number of nitro benzene ring substituents is 1. The van der Waals surface area contributed by atoms with Crippen LogP contribution in [0, 0.1) is 10.1 Å². The molecular weight excluding hydrogens is 412 g/mol. The van der Waals surface area contributed by atoms with Gasteiger partial charge in [0, 0.05) is 24.5 Å². The van der Waals surface area contributed by atoms with Crippen LogP contribution in [0.1, 0.15) is 22.6 Å². The van der Waals surface area contributed by atoms with Crippen molar-refractivity contribution < 1.29 is 24.4 Å². The summed E-state index contributed by atoms with van der Waals surface area (Å²) in [5.74, 6) is -1.40. The van der Waals surface area contributed by atoms with Gasteiger partial charge in [0.25, 0.3) is 5.69 Å². The van der Waals surface area contributed by atoms with E-state index in [2.05, 4.69) is 5.32 Å². The Morgan fingerprint density at radius 1 is 1.00 bits per heavy atom. The summed E-state index contributed by atoms with van der Waals surface area (Å²) in [7, 11) is 0. The molecular formula is C24H20N2O6. The van der Waals surface area contributed by atoms with Gasteiger partial charge in [0.1, 0.15) is 12.6 Å². The molecule has 0 aliphatic heterocycles. The Morgan fingerprint density at radius 3 is 2.22 bits per heavy atom. The van der Waals surface area contributed by atoms with Crippen molar-refractivity contribution in [1.82, 2.24) is 5.32 Å². The lowest BCUT2D eigenvalue weighted by Crippen LogP contribution is -2.42. The zero-order chi connectivity index (χ0) is 22.7. The second-order valence-electron chi connectivity index (χ2n) is 7.49. The summed E-state index contributed by atoms with van der Waals surface area (Å²) < 4.78 is 5.40. The van der Waals surface area contributed by atoms with E-state index in [0.29, 0.717) is 5.56 Å². The fourth-order valence-corrected chi connectivity index (χ4v) is 4.02. The van der Waals surface area contributed by atoms with Crippen LogP contribution >= 0.6 is 0 Å². The number of benzene rings is 3. The van der Waals surface area contributed by atoms with Crippen molar-refractivity contribution in [1.29, 1.82) is 0 Å². The second-order valence-corrected chi connectivity index (χ2v) is 7.49. The molecule has 1 atom stereocenters. The number of hydrogen-bond acceptors (Lipinski definition) is 5. The largest absolute Gasteiger partial charge is 0.480 e. The Bertz CT molecular complexity index is 1150. The molecule has 0 heterocycles. The van der Waals surface area contributed by atoms with Gasteiger partial charge in [0.05, 0.1) is 4.92 Å². The molecule has 0 bridgehead atoms. The van der Waals surface area contributed by atoms with E-state index in [-0.39, 0.29) is 24.6 Å². The van der Waals surface area contributed by atoms with Crippen molar-refractivity contribution >= 4 is 17.7 Å². The van der Waals surface area contributed by atoms with Gasteiger partial charge in [0.15, 0.2) is 0 Å². The summed E-state index contributed by atoms with van der Waals surface area (Å²) in [4.78, 5) is 34.4. The molecule has 0 saturated heterocycles. The van der Waals surface area contributed by atoms with Gasteiger partial charge >= 0.3 is 12.1 Å². The van der Waals surface area contributed by atoms with Gasteiger partial charge in [-0.1, -0.05) is 60.7 Å². The highest BCUT2D eigenvalue weighted by atomic mass is 16.6. The van der Waals surface area contributed by atoms with E-state index >= 15 is 0 Å². The Morgan fingerprint density at radius 2 is 1.62 bits per heavy atom. The maximum absolute atomic E-state index is 12.4. The molecule has 0 unspecified atom stereocenters. The molecule has 0 saturated carbocycles. The van der Waals surface area contributed by atoms with Crippen LogP contribution < -0.4 is 5.32 Å². The van der Waals surface area contributed by atoms with Crippen molar-refractivity contribution in [3.05, 3.63) is 99.6 Å². The van der Waals surface area contributed by atoms with E-state index in [1.54, 1.807) is 6.07 Å². The number of nitrogens with zero attached hydrogens (tertiary/aromatic N) is 1. The number of rotatable bonds is 7. The fourth-order valence-electron chi connectivity index (χ4n) is 4.02. The highest BCUT2D eigenvalue weighted by molar-refractivity contribution is 5.81. The van der Waals surface area contributed by atoms with Crippen molar-refractivity contribution in [3.63, 3.8) is 0 Å². The quantitative estimate of drug-likeness (QED) is 0.428. The van der Waals surface area contributed by atoms with Crippen LogP contribution in [0.2, 0.25) is 0 Å². The minimum Gasteiger partial charge on any atom is -0.480 e. The van der Waals surface area contributed by atoms with Crippen molar-refractivity contribution in [2.45, 2.75) is 18.4 Å². The number of carboxylic acids is 1. The van der Waals surface area contributed by atoms with Crippen molar-refractivity contribution in [3.8, 4) is 11.1 Å². The topological polar surface area (TPSA) is 119 Å². The lowest BCUT2D eigenvalue weighted by atomic mass is 9.98. The number of alkyl carbamates (subject to hydrolysis) is 1. The van der Waals surface area contributed by atoms with Crippen LogP contribution in [-0.2, 0) is 16.0 Å². The average Bonchev–Trinajstić information content (AvgIpc) is 3.11. The molecule has 0 fully saturated rings. The summed E-state index contributed by atoms with van der Waals surface area (Å²) in [5.41, 5.74) is 4.55. The lowest BCUT2D eigenvalue weighted by molar-refractivity contribution is -0.384. The van der Waals surface area contributed by atoms with Gasteiger partial charge in [-0.05, 0) is 27.8 Å². The molecule has 0 spiro atoms. The number of fused-ring (bicyclic) bond motifs is 3. The number of amides is 1. The van der Waals surface area contributed by atoms with E-state index in [4.69, 9.17) is 4.74 Å². The molecule has 1 aliphatic carbocycles. The van der Waals surface area contributed by atoms with Gasteiger partial charge in [-0.15, -0.1) is 0 Å². The molecule has 8 heteroatoms. The number of nitro groups is 1. The lowest BCUT2D eigenvalue weighted by Gasteiger charge is -2.17. The predicted octanol–water partition coefficient (Wildman–Crippen LogP) is 4.13. The summed E-state index contributed by atoms with van der Waals surface area (Å²) in [6, 6.07) is 20.2. The Kier molecular flexibility index (Phi) is 5.85. The minimum atomic E-state index is -1.28. The summed E-state index contributed by atoms with van der Waals surface area (Å²) in [6.07, 6.45) is -0.967. The third kappa shape index (κ3) is 4.29. The number of aliphatic carboxylic acids is 1. The average molecular weight is 432 g/mol. The molecule has 2 N–H and O–H groups in total. The Hall–Kier alpha value is -4.20. The number of carbonyl (C=O) groups is 2. The fraction of sp³-hybridized carbons (Fsp3) is 0.167. The van der Waals surface area contributed by atoms with E-state index in [1.165, 1.54) is 18.2 Å². The smallest absolute Gasteiger partial charge is 0.407 e. The zero-order valence-electron chi connectivity index (χ0n) is 16.9. The number of nitrogens with one attached hydrogen (secondary N) is 1. The van der Waals surface area contributed by atoms with Gasteiger partial charge in [-0.3, -0.25) is 10.1 Å². The van der Waals surface area contributed by atoms with Gasteiger partial charge < -0.3 is 15.2 Å². The molecule has 0 aromatic heterocycles. The third-order valence-corrected chi connectivity index (χ3v) is 5.50. The van der Waals surface area contributed by atoms with Crippen LogP contribution in [0.15, 0.2) is 72.8 Å². The maximum Gasteiger partial charge on any atom is 0.407 e. The summed E-state index contributed by atoms with van der Waals surface area (Å²) in [6.45, 7) is 0.0585. The molecule has 162 valence electrons. The Labute approximate surface area is 183 Å². The first kappa shape index (κ1) is 21.0. The van der Waals surface area contributed by atoms with Crippen LogP contribution in [0.25, 0.3) is 11.1 Å². The third-order valence-electron chi connectivity index (χ3n) is 5.50. The van der Waals surface area contributed by atoms with Crippen LogP contribution in [0.3, 0.4) is 0 Å². The van der Waals surface area contributed by atoms with Crippen LogP contribution in [0.4, 0.5) is 10.5 Å². The maximum atomic E-state index is 12.4. The number of carboxylic acid groups (broad SMARTS) is 1. The molecule has 8 nitrogen and oxygen atoms in total. The molecule has 1 aliphatic rings.